The minimum Gasteiger partial charge on any atom is -0.462 e. The van der Waals surface area contributed by atoms with Crippen LogP contribution < -0.4 is 4.72 Å². The van der Waals surface area contributed by atoms with Crippen LogP contribution >= 0.6 is 0 Å². The minimum absolute atomic E-state index is 0.0172. The number of hydrogen-bond donors (Lipinski definition) is 1. The van der Waals surface area contributed by atoms with Crippen molar-refractivity contribution in [3.8, 4) is 0 Å². The zero-order valence-electron chi connectivity index (χ0n) is 9.76. The second-order valence-electron chi connectivity index (χ2n) is 3.31. The van der Waals surface area contributed by atoms with Crippen molar-refractivity contribution in [2.75, 3.05) is 17.1 Å². The van der Waals surface area contributed by atoms with Gasteiger partial charge >= 0.3 is 5.97 Å². The van der Waals surface area contributed by atoms with Crippen molar-refractivity contribution >= 4 is 21.7 Å². The molecule has 0 radical (unpaired) electrons. The maximum absolute atomic E-state index is 11.4. The number of carbonyl (C=O) groups is 1. The number of benzene rings is 1. The van der Waals surface area contributed by atoms with E-state index in [0.29, 0.717) is 11.3 Å². The lowest BCUT2D eigenvalue weighted by Crippen LogP contribution is -2.15. The monoisotopic (exact) mass is 257 g/mol. The summed E-state index contributed by atoms with van der Waals surface area (Å²) in [6.07, 6.45) is 0. The number of carbonyl (C=O) groups excluding carboxylic acids is 1. The van der Waals surface area contributed by atoms with Crippen molar-refractivity contribution in [2.24, 2.45) is 0 Å². The lowest BCUT2D eigenvalue weighted by atomic mass is 10.2. The fourth-order valence-corrected chi connectivity index (χ4v) is 1.81. The first-order valence-electron chi connectivity index (χ1n) is 5.26. The largest absolute Gasteiger partial charge is 0.462 e. The van der Waals surface area contributed by atoms with Crippen molar-refractivity contribution < 1.29 is 17.9 Å². The minimum atomic E-state index is -3.33. The van der Waals surface area contributed by atoms with Gasteiger partial charge in [0.15, 0.2) is 0 Å². The van der Waals surface area contributed by atoms with Gasteiger partial charge in [-0.05, 0) is 32.0 Å². The number of sulfonamides is 1. The normalized spacial score (nSPS) is 10.9. The average molecular weight is 257 g/mol. The van der Waals surface area contributed by atoms with Gasteiger partial charge in [-0.15, -0.1) is 0 Å². The first-order chi connectivity index (χ1) is 7.98. The molecule has 0 heterocycles. The van der Waals surface area contributed by atoms with Gasteiger partial charge in [-0.3, -0.25) is 4.72 Å². The number of ether oxygens (including phenoxy) is 1. The molecule has 0 unspecified atom stereocenters. The standard InChI is InChI=1S/C11H15NO4S/c1-3-16-11(13)9-6-5-7-10(8-9)12-17(14,15)4-2/h5-8,12H,3-4H2,1-2H3. The van der Waals surface area contributed by atoms with Crippen LogP contribution in [0.1, 0.15) is 24.2 Å². The molecule has 0 amide bonds. The smallest absolute Gasteiger partial charge is 0.338 e. The van der Waals surface area contributed by atoms with Crippen LogP contribution in [0.5, 0.6) is 0 Å². The highest BCUT2D eigenvalue weighted by Crippen LogP contribution is 2.13. The number of nitrogens with one attached hydrogen (secondary N) is 1. The molecular formula is C11H15NO4S. The summed E-state index contributed by atoms with van der Waals surface area (Å²) in [5.74, 6) is -0.485. The highest BCUT2D eigenvalue weighted by atomic mass is 32.2. The third-order valence-electron chi connectivity index (χ3n) is 2.03. The van der Waals surface area contributed by atoms with E-state index in [1.807, 2.05) is 0 Å². The molecule has 0 aliphatic heterocycles. The summed E-state index contributed by atoms with van der Waals surface area (Å²) in [5.41, 5.74) is 0.681. The number of hydrogen-bond acceptors (Lipinski definition) is 4. The third kappa shape index (κ3) is 4.07. The molecule has 0 atom stereocenters. The van der Waals surface area contributed by atoms with Crippen LogP contribution in [-0.2, 0) is 14.8 Å². The van der Waals surface area contributed by atoms with Crippen molar-refractivity contribution in [1.29, 1.82) is 0 Å². The Labute approximate surface area is 101 Å². The van der Waals surface area contributed by atoms with Gasteiger partial charge in [-0.25, -0.2) is 13.2 Å². The Kier molecular flexibility index (Phi) is 4.51. The first-order valence-corrected chi connectivity index (χ1v) is 6.91. The molecule has 0 aliphatic rings. The van der Waals surface area contributed by atoms with Crippen LogP contribution in [-0.4, -0.2) is 26.7 Å². The van der Waals surface area contributed by atoms with E-state index in [1.165, 1.54) is 13.0 Å². The number of rotatable bonds is 5. The van der Waals surface area contributed by atoms with Crippen LogP contribution in [0.2, 0.25) is 0 Å². The quantitative estimate of drug-likeness (QED) is 0.814. The van der Waals surface area contributed by atoms with Crippen LogP contribution in [0.4, 0.5) is 5.69 Å². The third-order valence-corrected chi connectivity index (χ3v) is 3.33. The molecule has 0 saturated carbocycles. The number of anilines is 1. The Hall–Kier alpha value is -1.56. The Morgan fingerprint density at radius 2 is 2.06 bits per heavy atom. The van der Waals surface area contributed by atoms with Gasteiger partial charge in [-0.1, -0.05) is 6.07 Å². The zero-order valence-corrected chi connectivity index (χ0v) is 10.6. The Balaban J connectivity index is 2.90. The summed E-state index contributed by atoms with van der Waals surface area (Å²) in [5, 5.41) is 0. The molecule has 0 saturated heterocycles. The molecule has 94 valence electrons. The maximum Gasteiger partial charge on any atom is 0.338 e. The zero-order chi connectivity index (χ0) is 12.9. The summed E-state index contributed by atoms with van der Waals surface area (Å²) >= 11 is 0. The van der Waals surface area contributed by atoms with E-state index in [9.17, 15) is 13.2 Å². The predicted molar refractivity (Wildman–Crippen MR) is 65.5 cm³/mol. The molecule has 1 N–H and O–H groups in total. The lowest BCUT2D eigenvalue weighted by molar-refractivity contribution is 0.0526. The molecule has 17 heavy (non-hydrogen) atoms. The summed E-state index contributed by atoms with van der Waals surface area (Å²) in [6.45, 7) is 3.53. The molecule has 0 fully saturated rings. The van der Waals surface area contributed by atoms with Gasteiger partial charge < -0.3 is 4.74 Å². The van der Waals surface area contributed by atoms with E-state index in [0.717, 1.165) is 0 Å². The van der Waals surface area contributed by atoms with Gasteiger partial charge in [0, 0.05) is 5.69 Å². The van der Waals surface area contributed by atoms with Gasteiger partial charge in [0.2, 0.25) is 10.0 Å². The predicted octanol–water partition coefficient (Wildman–Crippen LogP) is 1.62. The van der Waals surface area contributed by atoms with Gasteiger partial charge in [-0.2, -0.15) is 0 Å². The van der Waals surface area contributed by atoms with Crippen molar-refractivity contribution in [3.05, 3.63) is 29.8 Å². The Morgan fingerprint density at radius 1 is 1.35 bits per heavy atom. The van der Waals surface area contributed by atoms with E-state index >= 15 is 0 Å². The lowest BCUT2D eigenvalue weighted by Gasteiger charge is -2.07. The van der Waals surface area contributed by atoms with E-state index in [4.69, 9.17) is 4.74 Å². The molecule has 6 heteroatoms. The highest BCUT2D eigenvalue weighted by Gasteiger charge is 2.10. The van der Waals surface area contributed by atoms with Crippen LogP contribution in [0, 0.1) is 0 Å². The van der Waals surface area contributed by atoms with Crippen LogP contribution in [0.3, 0.4) is 0 Å². The summed E-state index contributed by atoms with van der Waals surface area (Å²) in [4.78, 5) is 11.4. The van der Waals surface area contributed by atoms with Crippen molar-refractivity contribution in [1.82, 2.24) is 0 Å². The van der Waals surface area contributed by atoms with Crippen LogP contribution in [0.15, 0.2) is 24.3 Å². The van der Waals surface area contributed by atoms with Crippen molar-refractivity contribution in [2.45, 2.75) is 13.8 Å². The summed E-state index contributed by atoms with van der Waals surface area (Å²) in [6, 6.07) is 6.20. The maximum atomic E-state index is 11.4. The Morgan fingerprint density at radius 3 is 2.65 bits per heavy atom. The highest BCUT2D eigenvalue weighted by molar-refractivity contribution is 7.92. The summed E-state index contributed by atoms with van der Waals surface area (Å²) in [7, 11) is -3.33. The molecule has 0 spiro atoms. The SMILES string of the molecule is CCOC(=O)c1cccc(NS(=O)(=O)CC)c1. The van der Waals surface area contributed by atoms with E-state index in [1.54, 1.807) is 25.1 Å². The van der Waals surface area contributed by atoms with Gasteiger partial charge in [0.1, 0.15) is 0 Å². The second-order valence-corrected chi connectivity index (χ2v) is 5.32. The molecule has 1 rings (SSSR count). The first kappa shape index (κ1) is 13.5. The topological polar surface area (TPSA) is 72.5 Å². The number of esters is 1. The molecule has 0 aromatic heterocycles. The average Bonchev–Trinajstić information content (AvgIpc) is 2.29. The summed E-state index contributed by atoms with van der Waals surface area (Å²) < 4.78 is 29.9. The molecule has 0 aliphatic carbocycles. The molecular weight excluding hydrogens is 242 g/mol. The van der Waals surface area contributed by atoms with E-state index in [2.05, 4.69) is 4.72 Å². The fourth-order valence-electron chi connectivity index (χ4n) is 1.18. The van der Waals surface area contributed by atoms with E-state index in [-0.39, 0.29) is 12.4 Å². The fraction of sp³-hybridized carbons (Fsp3) is 0.364. The molecule has 1 aromatic rings. The van der Waals surface area contributed by atoms with Gasteiger partial charge in [0.05, 0.1) is 17.9 Å². The molecule has 1 aromatic carbocycles. The Bertz CT molecular complexity index is 496. The van der Waals surface area contributed by atoms with Crippen LogP contribution in [0.25, 0.3) is 0 Å². The van der Waals surface area contributed by atoms with Crippen molar-refractivity contribution in [3.63, 3.8) is 0 Å². The van der Waals surface area contributed by atoms with E-state index < -0.39 is 16.0 Å². The van der Waals surface area contributed by atoms with Gasteiger partial charge in [0.25, 0.3) is 0 Å². The molecule has 0 bridgehead atoms. The molecule has 5 nitrogen and oxygen atoms in total. The second kappa shape index (κ2) is 5.67.